The summed E-state index contributed by atoms with van der Waals surface area (Å²) in [5, 5.41) is 11.9. The molecule has 0 saturated heterocycles. The van der Waals surface area contributed by atoms with Gasteiger partial charge in [-0.1, -0.05) is 17.7 Å². The minimum Gasteiger partial charge on any atom is -0.480 e. The summed E-state index contributed by atoms with van der Waals surface area (Å²) in [6.07, 6.45) is 0. The summed E-state index contributed by atoms with van der Waals surface area (Å²) in [6.45, 7) is 2.74. The van der Waals surface area contributed by atoms with Crippen molar-refractivity contribution in [3.63, 3.8) is 0 Å². The van der Waals surface area contributed by atoms with Gasteiger partial charge in [0.1, 0.15) is 6.54 Å². The number of benzene rings is 1. The number of carboxylic acids is 1. The molecule has 2 amide bonds. The maximum atomic E-state index is 12.3. The van der Waals surface area contributed by atoms with Crippen molar-refractivity contribution in [2.45, 2.75) is 6.92 Å². The van der Waals surface area contributed by atoms with Crippen molar-refractivity contribution in [2.24, 2.45) is 0 Å². The number of likely N-dealkylation sites (N-methyl/N-ethyl adjacent to an activating group) is 2. The molecule has 6 heteroatoms. The van der Waals surface area contributed by atoms with E-state index < -0.39 is 5.97 Å². The minimum atomic E-state index is -1.04. The average Bonchev–Trinajstić information content (AvgIpc) is 2.42. The Bertz CT molecular complexity index is 459. The summed E-state index contributed by atoms with van der Waals surface area (Å²) in [7, 11) is 3.45. The van der Waals surface area contributed by atoms with Crippen molar-refractivity contribution in [1.82, 2.24) is 10.2 Å². The maximum Gasteiger partial charge on any atom is 0.324 e. The summed E-state index contributed by atoms with van der Waals surface area (Å²) in [5.74, 6) is -1.04. The van der Waals surface area contributed by atoms with Gasteiger partial charge in [-0.2, -0.15) is 0 Å². The lowest BCUT2D eigenvalue weighted by Gasteiger charge is -2.27. The number of anilines is 1. The smallest absolute Gasteiger partial charge is 0.324 e. The Morgan fingerprint density at radius 2 is 1.85 bits per heavy atom. The molecule has 0 radical (unpaired) electrons. The predicted octanol–water partition coefficient (Wildman–Crippen LogP) is 1.16. The SMILES string of the molecule is CNCCN(C)C(=O)N(CC(=O)O)c1ccc(C)cc1. The summed E-state index contributed by atoms with van der Waals surface area (Å²) in [6, 6.07) is 6.88. The zero-order valence-corrected chi connectivity index (χ0v) is 12.1. The zero-order chi connectivity index (χ0) is 15.1. The predicted molar refractivity (Wildman–Crippen MR) is 78.1 cm³/mol. The topological polar surface area (TPSA) is 72.9 Å². The standard InChI is InChI=1S/C14H21N3O3/c1-11-4-6-12(7-5-11)17(10-13(18)19)14(20)16(3)9-8-15-2/h4-7,15H,8-10H2,1-3H3,(H,18,19). The normalized spacial score (nSPS) is 10.2. The van der Waals surface area contributed by atoms with Crippen LogP contribution in [0.2, 0.25) is 0 Å². The first-order valence-corrected chi connectivity index (χ1v) is 6.41. The molecule has 6 nitrogen and oxygen atoms in total. The summed E-state index contributed by atoms with van der Waals surface area (Å²) in [5.41, 5.74) is 1.64. The first-order valence-electron chi connectivity index (χ1n) is 6.41. The lowest BCUT2D eigenvalue weighted by molar-refractivity contribution is -0.135. The third-order valence-electron chi connectivity index (χ3n) is 2.89. The van der Waals surface area contributed by atoms with Crippen LogP contribution >= 0.6 is 0 Å². The van der Waals surface area contributed by atoms with E-state index in [0.717, 1.165) is 5.56 Å². The molecule has 0 atom stereocenters. The number of carboxylic acid groups (broad SMARTS) is 1. The molecule has 0 aliphatic rings. The van der Waals surface area contributed by atoms with Gasteiger partial charge < -0.3 is 15.3 Å². The fourth-order valence-corrected chi connectivity index (χ4v) is 1.71. The second kappa shape index (κ2) is 7.49. The van der Waals surface area contributed by atoms with Crippen molar-refractivity contribution in [3.8, 4) is 0 Å². The van der Waals surface area contributed by atoms with Crippen molar-refractivity contribution in [2.75, 3.05) is 38.6 Å². The molecule has 0 unspecified atom stereocenters. The van der Waals surface area contributed by atoms with E-state index in [0.29, 0.717) is 18.8 Å². The van der Waals surface area contributed by atoms with Crippen LogP contribution in [0.15, 0.2) is 24.3 Å². The Labute approximate surface area is 119 Å². The number of urea groups is 1. The number of carbonyl (C=O) groups is 2. The number of aliphatic carboxylic acids is 1. The van der Waals surface area contributed by atoms with Gasteiger partial charge in [0.2, 0.25) is 0 Å². The number of hydrogen-bond acceptors (Lipinski definition) is 3. The van der Waals surface area contributed by atoms with Crippen LogP contribution in [0.4, 0.5) is 10.5 Å². The van der Waals surface area contributed by atoms with Crippen LogP contribution in [-0.4, -0.2) is 55.7 Å². The second-order valence-corrected chi connectivity index (χ2v) is 4.62. The van der Waals surface area contributed by atoms with Gasteiger partial charge in [0.15, 0.2) is 0 Å². The molecule has 0 fully saturated rings. The van der Waals surface area contributed by atoms with E-state index >= 15 is 0 Å². The molecule has 0 bridgehead atoms. The number of nitrogens with zero attached hydrogens (tertiary/aromatic N) is 2. The van der Waals surface area contributed by atoms with E-state index in [1.165, 1.54) is 9.80 Å². The van der Waals surface area contributed by atoms with Gasteiger partial charge in [-0.25, -0.2) is 4.79 Å². The first kappa shape index (κ1) is 16.0. The highest BCUT2D eigenvalue weighted by Crippen LogP contribution is 2.16. The fraction of sp³-hybridized carbons (Fsp3) is 0.429. The number of carbonyl (C=O) groups excluding carboxylic acids is 1. The Balaban J connectivity index is 2.91. The molecule has 0 saturated carbocycles. The molecule has 20 heavy (non-hydrogen) atoms. The number of rotatable bonds is 6. The van der Waals surface area contributed by atoms with E-state index in [1.807, 2.05) is 19.1 Å². The summed E-state index contributed by atoms with van der Waals surface area (Å²) in [4.78, 5) is 26.1. The summed E-state index contributed by atoms with van der Waals surface area (Å²) >= 11 is 0. The molecular weight excluding hydrogens is 258 g/mol. The second-order valence-electron chi connectivity index (χ2n) is 4.62. The van der Waals surface area contributed by atoms with Crippen LogP contribution in [0.3, 0.4) is 0 Å². The highest BCUT2D eigenvalue weighted by atomic mass is 16.4. The number of aryl methyl sites for hydroxylation is 1. The third kappa shape index (κ3) is 4.55. The monoisotopic (exact) mass is 279 g/mol. The Hall–Kier alpha value is -2.08. The van der Waals surface area contributed by atoms with E-state index in [4.69, 9.17) is 5.11 Å². The summed E-state index contributed by atoms with van der Waals surface area (Å²) < 4.78 is 0. The van der Waals surface area contributed by atoms with Crippen LogP contribution in [0.5, 0.6) is 0 Å². The molecule has 0 heterocycles. The van der Waals surface area contributed by atoms with Crippen LogP contribution < -0.4 is 10.2 Å². The first-order chi connectivity index (χ1) is 9.45. The largest absolute Gasteiger partial charge is 0.480 e. The molecular formula is C14H21N3O3. The molecule has 0 aliphatic heterocycles. The Morgan fingerprint density at radius 3 is 2.35 bits per heavy atom. The van der Waals surface area contributed by atoms with Gasteiger partial charge in [-0.05, 0) is 26.1 Å². The van der Waals surface area contributed by atoms with Crippen molar-refractivity contribution < 1.29 is 14.7 Å². The fourth-order valence-electron chi connectivity index (χ4n) is 1.71. The minimum absolute atomic E-state index is 0.327. The van der Waals surface area contributed by atoms with Crippen LogP contribution in [-0.2, 0) is 4.79 Å². The van der Waals surface area contributed by atoms with E-state index in [2.05, 4.69) is 5.32 Å². The molecule has 1 aromatic carbocycles. The molecule has 1 rings (SSSR count). The quantitative estimate of drug-likeness (QED) is 0.819. The zero-order valence-electron chi connectivity index (χ0n) is 12.1. The van der Waals surface area contributed by atoms with Gasteiger partial charge in [-0.3, -0.25) is 9.69 Å². The van der Waals surface area contributed by atoms with Crippen molar-refractivity contribution in [3.05, 3.63) is 29.8 Å². The van der Waals surface area contributed by atoms with Crippen molar-refractivity contribution in [1.29, 1.82) is 0 Å². The number of hydrogen-bond donors (Lipinski definition) is 2. The van der Waals surface area contributed by atoms with Crippen LogP contribution in [0, 0.1) is 6.92 Å². The molecule has 0 spiro atoms. The molecule has 2 N–H and O–H groups in total. The Morgan fingerprint density at radius 1 is 1.25 bits per heavy atom. The van der Waals surface area contributed by atoms with Gasteiger partial charge >= 0.3 is 12.0 Å². The number of amides is 2. The van der Waals surface area contributed by atoms with E-state index in [9.17, 15) is 9.59 Å². The lowest BCUT2D eigenvalue weighted by atomic mass is 10.2. The lowest BCUT2D eigenvalue weighted by Crippen LogP contribution is -2.45. The molecule has 110 valence electrons. The van der Waals surface area contributed by atoms with Gasteiger partial charge in [-0.15, -0.1) is 0 Å². The van der Waals surface area contributed by atoms with Gasteiger partial charge in [0, 0.05) is 25.8 Å². The number of nitrogens with one attached hydrogen (secondary N) is 1. The molecule has 0 aliphatic carbocycles. The van der Waals surface area contributed by atoms with Gasteiger partial charge in [0.05, 0.1) is 0 Å². The third-order valence-corrected chi connectivity index (χ3v) is 2.89. The maximum absolute atomic E-state index is 12.3. The highest BCUT2D eigenvalue weighted by molar-refractivity contribution is 5.96. The van der Waals surface area contributed by atoms with Gasteiger partial charge in [0.25, 0.3) is 0 Å². The van der Waals surface area contributed by atoms with Crippen LogP contribution in [0.1, 0.15) is 5.56 Å². The average molecular weight is 279 g/mol. The van der Waals surface area contributed by atoms with Crippen LogP contribution in [0.25, 0.3) is 0 Å². The Kier molecular flexibility index (Phi) is 5.99. The van der Waals surface area contributed by atoms with E-state index in [-0.39, 0.29) is 12.6 Å². The van der Waals surface area contributed by atoms with Crippen molar-refractivity contribution >= 4 is 17.7 Å². The molecule has 0 aromatic heterocycles. The molecule has 1 aromatic rings. The highest BCUT2D eigenvalue weighted by Gasteiger charge is 2.21. The van der Waals surface area contributed by atoms with E-state index in [1.54, 1.807) is 26.2 Å².